The molecule has 1 saturated heterocycles. The molecule has 4 rings (SSSR count). The molecule has 0 radical (unpaired) electrons. The highest BCUT2D eigenvalue weighted by Crippen LogP contribution is 2.29. The molecule has 0 saturated carbocycles. The molecule has 1 fully saturated rings. The van der Waals surface area contributed by atoms with Gasteiger partial charge in [-0.05, 0) is 64.7 Å². The van der Waals surface area contributed by atoms with E-state index < -0.39 is 0 Å². The summed E-state index contributed by atoms with van der Waals surface area (Å²) in [6, 6.07) is 11.9. The fraction of sp³-hybridized carbons (Fsp3) is 0.250. The Morgan fingerprint density at radius 2 is 2.00 bits per heavy atom. The van der Waals surface area contributed by atoms with E-state index in [1.807, 2.05) is 6.07 Å². The molecule has 1 amide bonds. The van der Waals surface area contributed by atoms with Crippen molar-refractivity contribution < 1.29 is 4.79 Å². The number of nitrogens with one attached hydrogen (secondary N) is 2. The average molecular weight is 379 g/mol. The molecule has 138 valence electrons. The monoisotopic (exact) mass is 379 g/mol. The Balaban J connectivity index is 1.49. The van der Waals surface area contributed by atoms with Crippen LogP contribution >= 0.6 is 11.3 Å². The van der Waals surface area contributed by atoms with Gasteiger partial charge >= 0.3 is 0 Å². The lowest BCUT2D eigenvalue weighted by atomic mass is 10.0. The highest BCUT2D eigenvalue weighted by molar-refractivity contribution is 7.08. The van der Waals surface area contributed by atoms with E-state index in [4.69, 9.17) is 0 Å². The minimum absolute atomic E-state index is 0.0642. The molecule has 2 aromatic heterocycles. The van der Waals surface area contributed by atoms with Gasteiger partial charge in [0.15, 0.2) is 11.5 Å². The van der Waals surface area contributed by atoms with E-state index >= 15 is 0 Å². The molecule has 6 nitrogen and oxygen atoms in total. The maximum absolute atomic E-state index is 12.5. The first-order chi connectivity index (χ1) is 13.2. The first-order valence-corrected chi connectivity index (χ1v) is 9.89. The van der Waals surface area contributed by atoms with Crippen molar-refractivity contribution in [2.24, 2.45) is 0 Å². The van der Waals surface area contributed by atoms with Crippen LogP contribution in [-0.2, 0) is 0 Å². The van der Waals surface area contributed by atoms with Gasteiger partial charge in [0.1, 0.15) is 0 Å². The van der Waals surface area contributed by atoms with Crippen LogP contribution < -0.4 is 10.6 Å². The third-order valence-electron chi connectivity index (χ3n) is 4.63. The third-order valence-corrected chi connectivity index (χ3v) is 5.31. The Bertz CT molecular complexity index is 918. The van der Waals surface area contributed by atoms with E-state index in [9.17, 15) is 4.79 Å². The highest BCUT2D eigenvalue weighted by Gasteiger charge is 2.19. The lowest BCUT2D eigenvalue weighted by Crippen LogP contribution is -2.46. The van der Waals surface area contributed by atoms with Crippen molar-refractivity contribution in [3.8, 4) is 11.1 Å². The average Bonchev–Trinajstić information content (AvgIpc) is 3.25. The number of aryl methyl sites for hydroxylation is 1. The van der Waals surface area contributed by atoms with Crippen LogP contribution in [0.2, 0.25) is 0 Å². The zero-order chi connectivity index (χ0) is 18.6. The van der Waals surface area contributed by atoms with Crippen molar-refractivity contribution in [2.75, 3.05) is 31.5 Å². The Kier molecular flexibility index (Phi) is 5.13. The van der Waals surface area contributed by atoms with Gasteiger partial charge < -0.3 is 15.5 Å². The summed E-state index contributed by atoms with van der Waals surface area (Å²) in [5.74, 6) is 0.553. The normalized spacial score (nSPS) is 14.2. The fourth-order valence-electron chi connectivity index (χ4n) is 3.12. The molecule has 7 heteroatoms. The summed E-state index contributed by atoms with van der Waals surface area (Å²) < 4.78 is 0. The van der Waals surface area contributed by atoms with Crippen LogP contribution in [0.3, 0.4) is 0 Å². The molecule has 1 aromatic carbocycles. The lowest BCUT2D eigenvalue weighted by Gasteiger charge is -2.26. The highest BCUT2D eigenvalue weighted by atomic mass is 32.1. The van der Waals surface area contributed by atoms with E-state index in [2.05, 4.69) is 56.7 Å². The maximum Gasteiger partial charge on any atom is 0.274 e. The summed E-state index contributed by atoms with van der Waals surface area (Å²) in [6.07, 6.45) is 0. The Labute approximate surface area is 162 Å². The molecule has 0 spiro atoms. The molecule has 0 bridgehead atoms. The molecule has 0 aliphatic carbocycles. The maximum atomic E-state index is 12.5. The number of thiophene rings is 1. The van der Waals surface area contributed by atoms with E-state index in [1.165, 1.54) is 16.7 Å². The number of rotatable bonds is 4. The molecule has 3 heterocycles. The Morgan fingerprint density at radius 1 is 1.15 bits per heavy atom. The molecule has 0 unspecified atom stereocenters. The number of hydrogen-bond donors (Lipinski definition) is 2. The Hall–Kier alpha value is -2.77. The topological polar surface area (TPSA) is 70.2 Å². The number of nitrogens with zero attached hydrogens (tertiary/aromatic N) is 3. The van der Waals surface area contributed by atoms with E-state index in [1.54, 1.807) is 28.4 Å². The van der Waals surface area contributed by atoms with Crippen molar-refractivity contribution >= 4 is 28.7 Å². The number of aromatic nitrogens is 2. The van der Waals surface area contributed by atoms with Gasteiger partial charge in [0.05, 0.1) is 0 Å². The molecule has 3 aromatic rings. The molecule has 1 aliphatic heterocycles. The summed E-state index contributed by atoms with van der Waals surface area (Å²) in [6.45, 7) is 5.15. The first-order valence-electron chi connectivity index (χ1n) is 8.95. The summed E-state index contributed by atoms with van der Waals surface area (Å²) in [4.78, 5) is 14.3. The summed E-state index contributed by atoms with van der Waals surface area (Å²) in [7, 11) is 0. The largest absolute Gasteiger partial charge is 0.339 e. The van der Waals surface area contributed by atoms with Gasteiger partial charge in [-0.3, -0.25) is 4.79 Å². The zero-order valence-electron chi connectivity index (χ0n) is 15.1. The quantitative estimate of drug-likeness (QED) is 0.728. The minimum Gasteiger partial charge on any atom is -0.339 e. The molecular formula is C20H21N5OS. The van der Waals surface area contributed by atoms with Crippen LogP contribution in [-0.4, -0.2) is 47.2 Å². The summed E-state index contributed by atoms with van der Waals surface area (Å²) >= 11 is 1.69. The van der Waals surface area contributed by atoms with Gasteiger partial charge in [-0.2, -0.15) is 11.3 Å². The Morgan fingerprint density at radius 3 is 2.70 bits per heavy atom. The van der Waals surface area contributed by atoms with Gasteiger partial charge in [-0.1, -0.05) is 6.07 Å². The second-order valence-electron chi connectivity index (χ2n) is 6.51. The number of piperazine rings is 1. The van der Waals surface area contributed by atoms with Gasteiger partial charge in [0, 0.05) is 31.9 Å². The van der Waals surface area contributed by atoms with Gasteiger partial charge in [-0.25, -0.2) is 0 Å². The number of amides is 1. The zero-order valence-corrected chi connectivity index (χ0v) is 15.9. The van der Waals surface area contributed by atoms with E-state index in [-0.39, 0.29) is 5.91 Å². The molecule has 2 N–H and O–H groups in total. The second-order valence-corrected chi connectivity index (χ2v) is 7.29. The summed E-state index contributed by atoms with van der Waals surface area (Å²) in [5.41, 5.74) is 4.95. The van der Waals surface area contributed by atoms with Crippen molar-refractivity contribution in [3.05, 3.63) is 58.4 Å². The van der Waals surface area contributed by atoms with Crippen LogP contribution in [0.5, 0.6) is 0 Å². The van der Waals surface area contributed by atoms with E-state index in [0.717, 1.165) is 18.8 Å². The van der Waals surface area contributed by atoms with Crippen LogP contribution in [0.1, 0.15) is 16.1 Å². The van der Waals surface area contributed by atoms with E-state index in [0.29, 0.717) is 24.6 Å². The number of anilines is 2. The predicted molar refractivity (Wildman–Crippen MR) is 109 cm³/mol. The van der Waals surface area contributed by atoms with Crippen LogP contribution in [0, 0.1) is 6.92 Å². The second kappa shape index (κ2) is 7.85. The molecule has 0 atom stereocenters. The van der Waals surface area contributed by atoms with Crippen molar-refractivity contribution in [1.82, 2.24) is 20.4 Å². The summed E-state index contributed by atoms with van der Waals surface area (Å²) in [5, 5.41) is 19.0. The van der Waals surface area contributed by atoms with Crippen molar-refractivity contribution in [2.45, 2.75) is 6.92 Å². The third kappa shape index (κ3) is 3.99. The molecule has 1 aliphatic rings. The lowest BCUT2D eigenvalue weighted by molar-refractivity contribution is 0.0728. The van der Waals surface area contributed by atoms with Gasteiger partial charge in [0.2, 0.25) is 0 Å². The van der Waals surface area contributed by atoms with Crippen molar-refractivity contribution in [3.63, 3.8) is 0 Å². The van der Waals surface area contributed by atoms with Gasteiger partial charge in [-0.15, -0.1) is 10.2 Å². The number of carbonyl (C=O) groups is 1. The minimum atomic E-state index is -0.0642. The standard InChI is InChI=1S/C20H21N5OS/c1-14-2-3-16(12-17(14)15-6-11-27-13-15)22-19-5-4-18(23-24-19)20(26)25-9-7-21-8-10-25/h2-6,11-13,21H,7-10H2,1H3,(H,22,24). The van der Waals surface area contributed by atoms with Crippen LogP contribution in [0.15, 0.2) is 47.2 Å². The number of carbonyl (C=O) groups excluding carboxylic acids is 1. The van der Waals surface area contributed by atoms with Crippen LogP contribution in [0.25, 0.3) is 11.1 Å². The van der Waals surface area contributed by atoms with Gasteiger partial charge in [0.25, 0.3) is 5.91 Å². The molecular weight excluding hydrogens is 358 g/mol. The number of benzene rings is 1. The molecule has 27 heavy (non-hydrogen) atoms. The van der Waals surface area contributed by atoms with Crippen LogP contribution in [0.4, 0.5) is 11.5 Å². The predicted octanol–water partition coefficient (Wildman–Crippen LogP) is 3.30. The number of hydrogen-bond acceptors (Lipinski definition) is 6. The first kappa shape index (κ1) is 17.6. The fourth-order valence-corrected chi connectivity index (χ4v) is 3.78. The smallest absolute Gasteiger partial charge is 0.274 e. The SMILES string of the molecule is Cc1ccc(Nc2ccc(C(=O)N3CCNCC3)nn2)cc1-c1ccsc1. The van der Waals surface area contributed by atoms with Crippen molar-refractivity contribution in [1.29, 1.82) is 0 Å².